The fourth-order valence-electron chi connectivity index (χ4n) is 1.17. The summed E-state index contributed by atoms with van der Waals surface area (Å²) in [5, 5.41) is 11.4. The quantitative estimate of drug-likeness (QED) is 0.616. The molecule has 0 radical (unpaired) electrons. The van der Waals surface area contributed by atoms with Crippen molar-refractivity contribution in [3.63, 3.8) is 0 Å². The number of carboxylic acids is 1. The maximum Gasteiger partial charge on any atom is 0.323 e. The Balaban J connectivity index is 4.25. The molecule has 0 spiro atoms. The number of esters is 1. The first-order chi connectivity index (χ1) is 7.02. The molecular formula is C10H19NO4. The third-order valence-corrected chi connectivity index (χ3v) is 1.97. The molecule has 0 heterocycles. The van der Waals surface area contributed by atoms with Crippen molar-refractivity contribution in [2.24, 2.45) is 0 Å². The van der Waals surface area contributed by atoms with E-state index in [1.54, 1.807) is 6.92 Å². The number of carbonyl (C=O) groups is 2. The van der Waals surface area contributed by atoms with Gasteiger partial charge in [-0.05, 0) is 20.3 Å². The molecule has 0 aliphatic heterocycles. The Labute approximate surface area is 89.8 Å². The summed E-state index contributed by atoms with van der Waals surface area (Å²) < 4.78 is 4.84. The first-order valence-electron chi connectivity index (χ1n) is 5.18. The smallest absolute Gasteiger partial charge is 0.323 e. The van der Waals surface area contributed by atoms with Crippen molar-refractivity contribution >= 4 is 11.9 Å². The minimum Gasteiger partial charge on any atom is -0.480 e. The Bertz CT molecular complexity index is 217. The molecule has 0 aromatic heterocycles. The van der Waals surface area contributed by atoms with Crippen molar-refractivity contribution in [2.75, 3.05) is 6.61 Å². The highest BCUT2D eigenvalue weighted by atomic mass is 16.5. The fourth-order valence-corrected chi connectivity index (χ4v) is 1.17. The first kappa shape index (κ1) is 13.9. The van der Waals surface area contributed by atoms with Crippen molar-refractivity contribution in [1.29, 1.82) is 0 Å². The molecule has 0 aromatic carbocycles. The molecule has 0 saturated heterocycles. The summed E-state index contributed by atoms with van der Waals surface area (Å²) in [7, 11) is 0. The van der Waals surface area contributed by atoms with Gasteiger partial charge in [0.25, 0.3) is 0 Å². The second-order valence-corrected chi connectivity index (χ2v) is 3.32. The predicted octanol–water partition coefficient (Wildman–Crippen LogP) is 0.781. The van der Waals surface area contributed by atoms with E-state index in [4.69, 9.17) is 9.84 Å². The Morgan fingerprint density at radius 3 is 2.40 bits per heavy atom. The lowest BCUT2D eigenvalue weighted by molar-refractivity contribution is -0.147. The number of carbonyl (C=O) groups excluding carboxylic acids is 1. The molecule has 5 heteroatoms. The Morgan fingerprint density at radius 2 is 2.00 bits per heavy atom. The minimum absolute atomic E-state index is 0.308. The molecule has 2 atom stereocenters. The van der Waals surface area contributed by atoms with E-state index in [1.807, 2.05) is 6.92 Å². The highest BCUT2D eigenvalue weighted by Crippen LogP contribution is 2.01. The van der Waals surface area contributed by atoms with E-state index in [-0.39, 0.29) is 5.97 Å². The van der Waals surface area contributed by atoms with E-state index >= 15 is 0 Å². The van der Waals surface area contributed by atoms with Crippen LogP contribution in [0.2, 0.25) is 0 Å². The van der Waals surface area contributed by atoms with Gasteiger partial charge in [-0.2, -0.15) is 0 Å². The maximum atomic E-state index is 11.4. The summed E-state index contributed by atoms with van der Waals surface area (Å²) in [6.45, 7) is 5.47. The number of hydrogen-bond acceptors (Lipinski definition) is 4. The molecule has 15 heavy (non-hydrogen) atoms. The van der Waals surface area contributed by atoms with E-state index in [9.17, 15) is 9.59 Å². The second kappa shape index (κ2) is 7.23. The van der Waals surface area contributed by atoms with Gasteiger partial charge in [0.2, 0.25) is 0 Å². The molecule has 0 aliphatic rings. The van der Waals surface area contributed by atoms with Crippen LogP contribution < -0.4 is 5.32 Å². The molecule has 88 valence electrons. The van der Waals surface area contributed by atoms with Gasteiger partial charge >= 0.3 is 11.9 Å². The Hall–Kier alpha value is -1.10. The maximum absolute atomic E-state index is 11.4. The zero-order valence-corrected chi connectivity index (χ0v) is 9.45. The zero-order chi connectivity index (χ0) is 11.8. The average Bonchev–Trinajstić information content (AvgIpc) is 2.17. The van der Waals surface area contributed by atoms with Gasteiger partial charge in [-0.3, -0.25) is 14.9 Å². The predicted molar refractivity (Wildman–Crippen MR) is 55.6 cm³/mol. The normalized spacial score (nSPS) is 14.3. The number of carboxylic acid groups (broad SMARTS) is 1. The van der Waals surface area contributed by atoms with Crippen LogP contribution in [0.15, 0.2) is 0 Å². The van der Waals surface area contributed by atoms with Crippen molar-refractivity contribution in [3.8, 4) is 0 Å². The van der Waals surface area contributed by atoms with Crippen LogP contribution in [0.5, 0.6) is 0 Å². The van der Waals surface area contributed by atoms with Gasteiger partial charge in [0, 0.05) is 0 Å². The second-order valence-electron chi connectivity index (χ2n) is 3.32. The largest absolute Gasteiger partial charge is 0.480 e. The van der Waals surface area contributed by atoms with E-state index < -0.39 is 18.1 Å². The first-order valence-corrected chi connectivity index (χ1v) is 5.18. The van der Waals surface area contributed by atoms with Gasteiger partial charge < -0.3 is 9.84 Å². The molecule has 0 aromatic rings. The molecule has 0 saturated carbocycles. The van der Waals surface area contributed by atoms with Crippen LogP contribution >= 0.6 is 0 Å². The van der Waals surface area contributed by atoms with Crippen molar-refractivity contribution in [3.05, 3.63) is 0 Å². The lowest BCUT2D eigenvalue weighted by atomic mass is 10.1. The van der Waals surface area contributed by atoms with Gasteiger partial charge in [-0.1, -0.05) is 13.3 Å². The molecule has 0 bridgehead atoms. The van der Waals surface area contributed by atoms with Crippen LogP contribution in [-0.2, 0) is 14.3 Å². The SMILES string of the molecule is CCC[C@H](N[C@H](C)C(=O)O)C(=O)OCC. The number of nitrogens with one attached hydrogen (secondary N) is 1. The average molecular weight is 217 g/mol. The lowest BCUT2D eigenvalue weighted by Crippen LogP contribution is -2.46. The monoisotopic (exact) mass is 217 g/mol. The van der Waals surface area contributed by atoms with Crippen LogP contribution in [-0.4, -0.2) is 35.7 Å². The number of ether oxygens (including phenoxy) is 1. The summed E-state index contributed by atoms with van der Waals surface area (Å²) in [4.78, 5) is 22.0. The van der Waals surface area contributed by atoms with Crippen LogP contribution in [0.25, 0.3) is 0 Å². The van der Waals surface area contributed by atoms with Crippen LogP contribution in [0.3, 0.4) is 0 Å². The molecule has 5 nitrogen and oxygen atoms in total. The third-order valence-electron chi connectivity index (χ3n) is 1.97. The van der Waals surface area contributed by atoms with Crippen molar-refractivity contribution in [2.45, 2.75) is 45.7 Å². The molecule has 2 N–H and O–H groups in total. The van der Waals surface area contributed by atoms with Gasteiger partial charge in [-0.25, -0.2) is 0 Å². The Kier molecular flexibility index (Phi) is 6.70. The summed E-state index contributed by atoms with van der Waals surface area (Å²) in [6.07, 6.45) is 1.37. The Morgan fingerprint density at radius 1 is 1.40 bits per heavy atom. The topological polar surface area (TPSA) is 75.6 Å². The van der Waals surface area contributed by atoms with Crippen molar-refractivity contribution in [1.82, 2.24) is 5.32 Å². The summed E-state index contributed by atoms with van der Waals surface area (Å²) in [5.74, 6) is -1.35. The van der Waals surface area contributed by atoms with Gasteiger partial charge in [0.1, 0.15) is 12.1 Å². The van der Waals surface area contributed by atoms with E-state index in [1.165, 1.54) is 6.92 Å². The highest BCUT2D eigenvalue weighted by molar-refractivity contribution is 5.78. The summed E-state index contributed by atoms with van der Waals surface area (Å²) in [6, 6.07) is -1.27. The molecule has 0 aliphatic carbocycles. The van der Waals surface area contributed by atoms with Crippen LogP contribution in [0, 0.1) is 0 Å². The molecular weight excluding hydrogens is 198 g/mol. The highest BCUT2D eigenvalue weighted by Gasteiger charge is 2.23. The van der Waals surface area contributed by atoms with Gasteiger partial charge in [0.05, 0.1) is 6.61 Å². The van der Waals surface area contributed by atoms with Crippen LogP contribution in [0.4, 0.5) is 0 Å². The van der Waals surface area contributed by atoms with Crippen LogP contribution in [0.1, 0.15) is 33.6 Å². The summed E-state index contributed by atoms with van der Waals surface area (Å²) >= 11 is 0. The van der Waals surface area contributed by atoms with E-state index in [0.29, 0.717) is 13.0 Å². The van der Waals surface area contributed by atoms with Gasteiger partial charge in [-0.15, -0.1) is 0 Å². The lowest BCUT2D eigenvalue weighted by Gasteiger charge is -2.18. The van der Waals surface area contributed by atoms with E-state index in [2.05, 4.69) is 5.32 Å². The van der Waals surface area contributed by atoms with E-state index in [0.717, 1.165) is 6.42 Å². The van der Waals surface area contributed by atoms with Gasteiger partial charge in [0.15, 0.2) is 0 Å². The number of hydrogen-bond donors (Lipinski definition) is 2. The fraction of sp³-hybridized carbons (Fsp3) is 0.800. The number of aliphatic carboxylic acids is 1. The summed E-state index contributed by atoms with van der Waals surface area (Å²) in [5.41, 5.74) is 0. The third kappa shape index (κ3) is 5.37. The molecule has 0 unspecified atom stereocenters. The molecule has 0 amide bonds. The molecule has 0 rings (SSSR count). The number of rotatable bonds is 7. The standard InChI is InChI=1S/C10H19NO4/c1-4-6-8(10(14)15-5-2)11-7(3)9(12)13/h7-8,11H,4-6H2,1-3H3,(H,12,13)/t7-,8+/m1/s1. The minimum atomic E-state index is -0.972. The molecule has 0 fully saturated rings. The zero-order valence-electron chi connectivity index (χ0n) is 9.45. The van der Waals surface area contributed by atoms with Crippen molar-refractivity contribution < 1.29 is 19.4 Å².